The van der Waals surface area contributed by atoms with E-state index >= 15 is 0 Å². The molecule has 2 N–H and O–H groups in total. The van der Waals surface area contributed by atoms with Gasteiger partial charge in [0.05, 0.1) is 22.3 Å². The predicted octanol–water partition coefficient (Wildman–Crippen LogP) is 5.31. The summed E-state index contributed by atoms with van der Waals surface area (Å²) in [4.78, 5) is 6.64. The minimum absolute atomic E-state index is 0.292. The van der Waals surface area contributed by atoms with Crippen molar-refractivity contribution < 1.29 is 9.50 Å². The highest BCUT2D eigenvalue weighted by atomic mass is 35.5. The first kappa shape index (κ1) is 17.7. The molecule has 1 aliphatic heterocycles. The SMILES string of the molecule is CCSc1ccc(N2CCC(O)C2)c(-c2[nH]c3cc(F)ccc3c2Cl)c1. The van der Waals surface area contributed by atoms with E-state index in [0.717, 1.165) is 45.9 Å². The van der Waals surface area contributed by atoms with E-state index in [0.29, 0.717) is 17.1 Å². The molecule has 1 aliphatic rings. The summed E-state index contributed by atoms with van der Waals surface area (Å²) < 4.78 is 13.6. The summed E-state index contributed by atoms with van der Waals surface area (Å²) in [5.41, 5.74) is 3.50. The summed E-state index contributed by atoms with van der Waals surface area (Å²) in [5.74, 6) is 0.687. The number of aliphatic hydroxyl groups excluding tert-OH is 1. The third-order valence-electron chi connectivity index (χ3n) is 4.75. The number of aliphatic hydroxyl groups is 1. The maximum Gasteiger partial charge on any atom is 0.125 e. The molecule has 1 aromatic heterocycles. The van der Waals surface area contributed by atoms with Crippen LogP contribution in [0.15, 0.2) is 41.3 Å². The van der Waals surface area contributed by atoms with Gasteiger partial charge in [-0.2, -0.15) is 0 Å². The van der Waals surface area contributed by atoms with Gasteiger partial charge < -0.3 is 15.0 Å². The third kappa shape index (κ3) is 3.20. The molecule has 3 aromatic rings. The van der Waals surface area contributed by atoms with E-state index in [1.54, 1.807) is 17.8 Å². The topological polar surface area (TPSA) is 39.3 Å². The number of aromatic amines is 1. The Balaban J connectivity index is 1.88. The van der Waals surface area contributed by atoms with Gasteiger partial charge >= 0.3 is 0 Å². The van der Waals surface area contributed by atoms with Crippen LogP contribution < -0.4 is 4.90 Å². The maximum atomic E-state index is 13.6. The Bertz CT molecular complexity index is 958. The second-order valence-electron chi connectivity index (χ2n) is 6.50. The van der Waals surface area contributed by atoms with Crippen molar-refractivity contribution >= 4 is 40.0 Å². The molecular formula is C20H20ClFN2OS. The first-order valence-electron chi connectivity index (χ1n) is 8.73. The summed E-state index contributed by atoms with van der Waals surface area (Å²) in [6.45, 7) is 3.54. The number of aromatic nitrogens is 1. The molecule has 136 valence electrons. The molecule has 1 unspecified atom stereocenters. The molecule has 0 aliphatic carbocycles. The molecule has 2 aromatic carbocycles. The average Bonchev–Trinajstić information content (AvgIpc) is 3.18. The molecule has 0 amide bonds. The number of hydrogen-bond donors (Lipinski definition) is 2. The van der Waals surface area contributed by atoms with Gasteiger partial charge in [0.1, 0.15) is 5.82 Å². The maximum absolute atomic E-state index is 13.6. The summed E-state index contributed by atoms with van der Waals surface area (Å²) in [7, 11) is 0. The Morgan fingerprint density at radius 1 is 1.31 bits per heavy atom. The molecule has 3 nitrogen and oxygen atoms in total. The van der Waals surface area contributed by atoms with Gasteiger partial charge in [0.2, 0.25) is 0 Å². The van der Waals surface area contributed by atoms with E-state index in [4.69, 9.17) is 11.6 Å². The van der Waals surface area contributed by atoms with E-state index in [-0.39, 0.29) is 11.9 Å². The number of β-amino-alcohol motifs (C(OH)–C–C–N with tert-alkyl or cyclic N) is 1. The van der Waals surface area contributed by atoms with Crippen molar-refractivity contribution in [3.63, 3.8) is 0 Å². The number of fused-ring (bicyclic) bond motifs is 1. The van der Waals surface area contributed by atoms with Crippen molar-refractivity contribution in [3.05, 3.63) is 47.2 Å². The number of halogens is 2. The fraction of sp³-hybridized carbons (Fsp3) is 0.300. The number of rotatable bonds is 4. The quantitative estimate of drug-likeness (QED) is 0.593. The Hall–Kier alpha value is -1.69. The van der Waals surface area contributed by atoms with E-state index in [2.05, 4.69) is 35.0 Å². The Labute approximate surface area is 161 Å². The van der Waals surface area contributed by atoms with Crippen LogP contribution in [-0.2, 0) is 0 Å². The fourth-order valence-electron chi connectivity index (χ4n) is 3.53. The summed E-state index contributed by atoms with van der Waals surface area (Å²) in [6.07, 6.45) is 0.455. The number of nitrogens with one attached hydrogen (secondary N) is 1. The average molecular weight is 391 g/mol. The zero-order chi connectivity index (χ0) is 18.3. The van der Waals surface area contributed by atoms with E-state index < -0.39 is 0 Å². The first-order chi connectivity index (χ1) is 12.6. The molecule has 1 saturated heterocycles. The van der Waals surface area contributed by atoms with E-state index in [1.165, 1.54) is 12.1 Å². The molecule has 0 saturated carbocycles. The second kappa shape index (κ2) is 7.14. The highest BCUT2D eigenvalue weighted by Gasteiger charge is 2.24. The monoisotopic (exact) mass is 390 g/mol. The normalized spacial score (nSPS) is 17.4. The molecule has 0 radical (unpaired) electrons. The van der Waals surface area contributed by atoms with Gasteiger partial charge in [0.15, 0.2) is 0 Å². The third-order valence-corrected chi connectivity index (χ3v) is 6.02. The van der Waals surface area contributed by atoms with Gasteiger partial charge in [-0.15, -0.1) is 11.8 Å². The molecule has 0 spiro atoms. The van der Waals surface area contributed by atoms with E-state index in [9.17, 15) is 9.50 Å². The first-order valence-corrected chi connectivity index (χ1v) is 10.1. The molecule has 26 heavy (non-hydrogen) atoms. The van der Waals surface area contributed by atoms with Crippen LogP contribution in [0.5, 0.6) is 0 Å². The molecule has 0 bridgehead atoms. The Morgan fingerprint density at radius 2 is 2.15 bits per heavy atom. The number of thioether (sulfide) groups is 1. The smallest absolute Gasteiger partial charge is 0.125 e. The van der Waals surface area contributed by atoms with Gasteiger partial charge in [0.25, 0.3) is 0 Å². The largest absolute Gasteiger partial charge is 0.391 e. The molecule has 1 fully saturated rings. The minimum atomic E-state index is -0.306. The number of H-pyrrole nitrogens is 1. The zero-order valence-electron chi connectivity index (χ0n) is 14.4. The molecular weight excluding hydrogens is 371 g/mol. The number of benzene rings is 2. The lowest BCUT2D eigenvalue weighted by atomic mass is 10.1. The van der Waals surface area contributed by atoms with Crippen molar-refractivity contribution in [1.82, 2.24) is 4.98 Å². The van der Waals surface area contributed by atoms with Crippen molar-refractivity contribution in [3.8, 4) is 11.3 Å². The summed E-state index contributed by atoms with van der Waals surface area (Å²) in [6, 6.07) is 10.9. The van der Waals surface area contributed by atoms with Crippen molar-refractivity contribution in [2.24, 2.45) is 0 Å². The van der Waals surface area contributed by atoms with Gasteiger partial charge in [0, 0.05) is 34.6 Å². The lowest BCUT2D eigenvalue weighted by molar-refractivity contribution is 0.198. The number of nitrogens with zero attached hydrogens (tertiary/aromatic N) is 1. The van der Waals surface area contributed by atoms with Gasteiger partial charge in [-0.3, -0.25) is 0 Å². The van der Waals surface area contributed by atoms with Crippen LogP contribution in [0.4, 0.5) is 10.1 Å². The highest BCUT2D eigenvalue weighted by Crippen LogP contribution is 2.41. The van der Waals surface area contributed by atoms with Crippen molar-refractivity contribution in [2.45, 2.75) is 24.3 Å². The molecule has 4 rings (SSSR count). The van der Waals surface area contributed by atoms with Gasteiger partial charge in [-0.1, -0.05) is 18.5 Å². The highest BCUT2D eigenvalue weighted by molar-refractivity contribution is 7.99. The van der Waals surface area contributed by atoms with Crippen LogP contribution in [0.25, 0.3) is 22.2 Å². The summed E-state index contributed by atoms with van der Waals surface area (Å²) in [5, 5.41) is 11.3. The Kier molecular flexibility index (Phi) is 4.86. The van der Waals surface area contributed by atoms with Crippen LogP contribution in [0.3, 0.4) is 0 Å². The van der Waals surface area contributed by atoms with Crippen LogP contribution in [0.2, 0.25) is 5.02 Å². The lowest BCUT2D eigenvalue weighted by Crippen LogP contribution is -2.21. The summed E-state index contributed by atoms with van der Waals surface area (Å²) >= 11 is 8.42. The van der Waals surface area contributed by atoms with Gasteiger partial charge in [-0.05, 0) is 48.6 Å². The fourth-order valence-corrected chi connectivity index (χ4v) is 4.54. The Morgan fingerprint density at radius 3 is 2.88 bits per heavy atom. The molecule has 6 heteroatoms. The van der Waals surface area contributed by atoms with Gasteiger partial charge in [-0.25, -0.2) is 4.39 Å². The van der Waals surface area contributed by atoms with Crippen LogP contribution in [0, 0.1) is 5.82 Å². The minimum Gasteiger partial charge on any atom is -0.391 e. The number of hydrogen-bond acceptors (Lipinski definition) is 3. The van der Waals surface area contributed by atoms with Crippen LogP contribution in [-0.4, -0.2) is 35.0 Å². The van der Waals surface area contributed by atoms with Crippen molar-refractivity contribution in [1.29, 1.82) is 0 Å². The standard InChI is InChI=1S/C20H20ClFN2OS/c1-2-26-14-4-6-18(24-8-7-13(25)11-24)16(10-14)20-19(21)15-5-3-12(22)9-17(15)23-20/h3-6,9-10,13,23,25H,2,7-8,11H2,1H3. The number of anilines is 1. The van der Waals surface area contributed by atoms with Crippen LogP contribution >= 0.6 is 23.4 Å². The molecule has 1 atom stereocenters. The van der Waals surface area contributed by atoms with E-state index in [1.807, 2.05) is 0 Å². The zero-order valence-corrected chi connectivity index (χ0v) is 16.0. The van der Waals surface area contributed by atoms with Crippen molar-refractivity contribution in [2.75, 3.05) is 23.7 Å². The van der Waals surface area contributed by atoms with Crippen LogP contribution in [0.1, 0.15) is 13.3 Å². The predicted molar refractivity (Wildman–Crippen MR) is 108 cm³/mol. The lowest BCUT2D eigenvalue weighted by Gasteiger charge is -2.22. The molecule has 2 heterocycles. The second-order valence-corrected chi connectivity index (χ2v) is 8.22.